The zero-order valence-corrected chi connectivity index (χ0v) is 11.9. The van der Waals surface area contributed by atoms with Crippen molar-refractivity contribution in [2.45, 2.75) is 26.5 Å². The molecular formula is C12H18Cl2N2O. The number of hydrogen-bond acceptors (Lipinski definition) is 3. The first-order chi connectivity index (χ1) is 7.99. The molecule has 0 atom stereocenters. The van der Waals surface area contributed by atoms with Crippen molar-refractivity contribution in [2.24, 2.45) is 0 Å². The van der Waals surface area contributed by atoms with Crippen LogP contribution < -0.4 is 0 Å². The van der Waals surface area contributed by atoms with Crippen LogP contribution in [0.25, 0.3) is 0 Å². The summed E-state index contributed by atoms with van der Waals surface area (Å²) in [4.78, 5) is 6.31. The highest BCUT2D eigenvalue weighted by molar-refractivity contribution is 6.32. The van der Waals surface area contributed by atoms with E-state index in [1.54, 1.807) is 12.1 Å². The van der Waals surface area contributed by atoms with Gasteiger partial charge in [0.25, 0.3) is 0 Å². The Morgan fingerprint density at radius 2 is 2.06 bits per heavy atom. The van der Waals surface area contributed by atoms with Crippen molar-refractivity contribution in [1.82, 2.24) is 9.88 Å². The quantitative estimate of drug-likeness (QED) is 0.746. The van der Waals surface area contributed by atoms with E-state index in [-0.39, 0.29) is 6.10 Å². The predicted octanol–water partition coefficient (Wildman–Crippen LogP) is 3.25. The van der Waals surface area contributed by atoms with E-state index >= 15 is 0 Å². The number of rotatable bonds is 6. The Balaban J connectivity index is 2.44. The monoisotopic (exact) mass is 276 g/mol. The number of pyridine rings is 1. The molecule has 0 aliphatic heterocycles. The molecule has 0 aromatic carbocycles. The lowest BCUT2D eigenvalue weighted by Gasteiger charge is -2.17. The van der Waals surface area contributed by atoms with Crippen LogP contribution in [0.3, 0.4) is 0 Å². The molecule has 1 heterocycles. The Morgan fingerprint density at radius 1 is 1.35 bits per heavy atom. The van der Waals surface area contributed by atoms with E-state index < -0.39 is 0 Å². The number of ether oxygens (including phenoxy) is 1. The lowest BCUT2D eigenvalue weighted by atomic mass is 10.3. The van der Waals surface area contributed by atoms with Crippen LogP contribution >= 0.6 is 23.2 Å². The van der Waals surface area contributed by atoms with Gasteiger partial charge in [0.05, 0.1) is 23.4 Å². The molecule has 96 valence electrons. The molecule has 0 spiro atoms. The molecule has 0 unspecified atom stereocenters. The van der Waals surface area contributed by atoms with Gasteiger partial charge in [-0.05, 0) is 33.0 Å². The molecule has 3 nitrogen and oxygen atoms in total. The number of hydrogen-bond donors (Lipinski definition) is 0. The van der Waals surface area contributed by atoms with Gasteiger partial charge in [-0.25, -0.2) is 4.98 Å². The summed E-state index contributed by atoms with van der Waals surface area (Å²) < 4.78 is 5.48. The zero-order valence-electron chi connectivity index (χ0n) is 10.4. The Morgan fingerprint density at radius 3 is 2.71 bits per heavy atom. The summed E-state index contributed by atoms with van der Waals surface area (Å²) in [5, 5.41) is 1.11. The molecule has 0 saturated heterocycles. The van der Waals surface area contributed by atoms with E-state index in [1.165, 1.54) is 0 Å². The van der Waals surface area contributed by atoms with Crippen molar-refractivity contribution in [1.29, 1.82) is 0 Å². The first-order valence-electron chi connectivity index (χ1n) is 5.60. The summed E-state index contributed by atoms with van der Waals surface area (Å²) >= 11 is 11.9. The highest BCUT2D eigenvalue weighted by atomic mass is 35.5. The SMILES string of the molecule is CC(C)OCCN(C)Cc1nc(Cl)ccc1Cl. The standard InChI is InChI=1S/C12H18Cl2N2O/c1-9(2)17-7-6-16(3)8-11-10(13)4-5-12(14)15-11/h4-5,9H,6-8H2,1-3H3. The van der Waals surface area contributed by atoms with Crippen LogP contribution in [0.2, 0.25) is 10.2 Å². The molecule has 1 rings (SSSR count). The van der Waals surface area contributed by atoms with Gasteiger partial charge in [0.15, 0.2) is 0 Å². The van der Waals surface area contributed by atoms with Crippen molar-refractivity contribution in [2.75, 3.05) is 20.2 Å². The highest BCUT2D eigenvalue weighted by Crippen LogP contribution is 2.17. The second kappa shape index (κ2) is 7.17. The maximum absolute atomic E-state index is 6.05. The van der Waals surface area contributed by atoms with Crippen LogP contribution in [0.15, 0.2) is 12.1 Å². The van der Waals surface area contributed by atoms with Crippen molar-refractivity contribution < 1.29 is 4.74 Å². The third kappa shape index (κ3) is 5.68. The summed E-state index contributed by atoms with van der Waals surface area (Å²) in [7, 11) is 2.00. The van der Waals surface area contributed by atoms with Crippen molar-refractivity contribution in [3.05, 3.63) is 28.0 Å². The minimum Gasteiger partial charge on any atom is -0.377 e. The first-order valence-corrected chi connectivity index (χ1v) is 6.35. The van der Waals surface area contributed by atoms with Crippen LogP contribution in [-0.2, 0) is 11.3 Å². The molecule has 0 aliphatic carbocycles. The van der Waals surface area contributed by atoms with Crippen LogP contribution in [0.5, 0.6) is 0 Å². The summed E-state index contributed by atoms with van der Waals surface area (Å²) in [6.45, 7) is 6.25. The minimum atomic E-state index is 0.260. The van der Waals surface area contributed by atoms with Crippen LogP contribution in [0.4, 0.5) is 0 Å². The number of likely N-dealkylation sites (N-methyl/N-ethyl adjacent to an activating group) is 1. The molecule has 0 saturated carbocycles. The van der Waals surface area contributed by atoms with Crippen molar-refractivity contribution in [3.63, 3.8) is 0 Å². The number of nitrogens with zero attached hydrogens (tertiary/aromatic N) is 2. The second-order valence-electron chi connectivity index (χ2n) is 4.22. The van der Waals surface area contributed by atoms with E-state index in [9.17, 15) is 0 Å². The molecule has 17 heavy (non-hydrogen) atoms. The molecule has 0 N–H and O–H groups in total. The molecule has 0 amide bonds. The number of halogens is 2. The number of aromatic nitrogens is 1. The third-order valence-electron chi connectivity index (χ3n) is 2.23. The van der Waals surface area contributed by atoms with Gasteiger partial charge in [-0.15, -0.1) is 0 Å². The van der Waals surface area contributed by atoms with Crippen LogP contribution in [-0.4, -0.2) is 36.2 Å². The molecule has 0 aliphatic rings. The summed E-state index contributed by atoms with van der Waals surface area (Å²) in [5.41, 5.74) is 0.797. The predicted molar refractivity (Wildman–Crippen MR) is 71.7 cm³/mol. The first kappa shape index (κ1) is 14.7. The van der Waals surface area contributed by atoms with Crippen molar-refractivity contribution >= 4 is 23.2 Å². The lowest BCUT2D eigenvalue weighted by molar-refractivity contribution is 0.0625. The van der Waals surface area contributed by atoms with Crippen LogP contribution in [0.1, 0.15) is 19.5 Å². The van der Waals surface area contributed by atoms with E-state index in [0.29, 0.717) is 23.3 Å². The maximum Gasteiger partial charge on any atom is 0.129 e. The fraction of sp³-hybridized carbons (Fsp3) is 0.583. The second-order valence-corrected chi connectivity index (χ2v) is 5.01. The van der Waals surface area contributed by atoms with Crippen LogP contribution in [0, 0.1) is 0 Å². The Bertz CT molecular complexity index is 358. The third-order valence-corrected chi connectivity index (χ3v) is 2.78. The van der Waals surface area contributed by atoms with E-state index in [0.717, 1.165) is 12.2 Å². The van der Waals surface area contributed by atoms with Gasteiger partial charge in [-0.2, -0.15) is 0 Å². The highest BCUT2D eigenvalue weighted by Gasteiger charge is 2.07. The summed E-state index contributed by atoms with van der Waals surface area (Å²) in [5.74, 6) is 0. The van der Waals surface area contributed by atoms with Gasteiger partial charge in [-0.1, -0.05) is 23.2 Å². The Kier molecular flexibility index (Phi) is 6.20. The largest absolute Gasteiger partial charge is 0.377 e. The molecule has 0 bridgehead atoms. The van der Waals surface area contributed by atoms with Gasteiger partial charge >= 0.3 is 0 Å². The summed E-state index contributed by atoms with van der Waals surface area (Å²) in [6.07, 6.45) is 0.260. The van der Waals surface area contributed by atoms with E-state index in [4.69, 9.17) is 27.9 Å². The average molecular weight is 277 g/mol. The fourth-order valence-corrected chi connectivity index (χ4v) is 1.68. The molecule has 0 radical (unpaired) electrons. The van der Waals surface area contributed by atoms with E-state index in [1.807, 2.05) is 20.9 Å². The van der Waals surface area contributed by atoms with E-state index in [2.05, 4.69) is 9.88 Å². The Hall–Kier alpha value is -0.350. The zero-order chi connectivity index (χ0) is 12.8. The minimum absolute atomic E-state index is 0.260. The smallest absolute Gasteiger partial charge is 0.129 e. The topological polar surface area (TPSA) is 25.4 Å². The normalized spacial score (nSPS) is 11.5. The van der Waals surface area contributed by atoms with Gasteiger partial charge in [0.2, 0.25) is 0 Å². The molecule has 1 aromatic heterocycles. The fourth-order valence-electron chi connectivity index (χ4n) is 1.35. The molecular weight excluding hydrogens is 259 g/mol. The molecule has 0 fully saturated rings. The average Bonchev–Trinajstić information content (AvgIpc) is 2.23. The van der Waals surface area contributed by atoms with Crippen molar-refractivity contribution in [3.8, 4) is 0 Å². The lowest BCUT2D eigenvalue weighted by Crippen LogP contribution is -2.24. The molecule has 5 heteroatoms. The van der Waals surface area contributed by atoms with Gasteiger partial charge in [0.1, 0.15) is 5.15 Å². The van der Waals surface area contributed by atoms with Gasteiger partial charge in [-0.3, -0.25) is 4.90 Å². The summed E-state index contributed by atoms with van der Waals surface area (Å²) in [6, 6.07) is 3.46. The van der Waals surface area contributed by atoms with Gasteiger partial charge in [0, 0.05) is 13.1 Å². The Labute approximate surface area is 113 Å². The van der Waals surface area contributed by atoms with Gasteiger partial charge < -0.3 is 4.74 Å². The molecule has 1 aromatic rings. The maximum atomic E-state index is 6.05.